The summed E-state index contributed by atoms with van der Waals surface area (Å²) in [6, 6.07) is 6.73. The Morgan fingerprint density at radius 1 is 1.08 bits per heavy atom. The fourth-order valence-electron chi connectivity index (χ4n) is 2.17. The lowest BCUT2D eigenvalue weighted by molar-refractivity contribution is -0.142. The molecular weight excluding hydrogens is 340 g/mol. The molecule has 0 radical (unpaired) electrons. The molecule has 0 unspecified atom stereocenters. The van der Waals surface area contributed by atoms with Crippen LogP contribution >= 0.6 is 0 Å². The van der Waals surface area contributed by atoms with Crippen LogP contribution in [-0.2, 0) is 20.7 Å². The Balaban J connectivity index is 2.89. The number of carbonyl (C=O) groups is 3. The first kappa shape index (κ1) is 21.4. The molecule has 8 nitrogen and oxygen atoms in total. The highest BCUT2D eigenvalue weighted by molar-refractivity contribution is 5.89. The van der Waals surface area contributed by atoms with Crippen LogP contribution in [-0.4, -0.2) is 52.5 Å². The van der Waals surface area contributed by atoms with Crippen LogP contribution in [0.25, 0.3) is 0 Å². The third kappa shape index (κ3) is 7.98. The van der Waals surface area contributed by atoms with Crippen LogP contribution in [0.3, 0.4) is 0 Å². The maximum absolute atomic E-state index is 12.5. The second-order valence-electron chi connectivity index (χ2n) is 6.80. The van der Waals surface area contributed by atoms with Crippen molar-refractivity contribution in [2.45, 2.75) is 51.3 Å². The number of carboxylic acids is 1. The van der Waals surface area contributed by atoms with Gasteiger partial charge in [0.2, 0.25) is 5.91 Å². The Morgan fingerprint density at radius 3 is 2.19 bits per heavy atom. The summed E-state index contributed by atoms with van der Waals surface area (Å²) < 4.78 is 5.17. The molecule has 1 aromatic carbocycles. The molecule has 144 valence electrons. The van der Waals surface area contributed by atoms with Gasteiger partial charge in [0.05, 0.1) is 0 Å². The zero-order chi connectivity index (χ0) is 19.7. The summed E-state index contributed by atoms with van der Waals surface area (Å²) >= 11 is 0. The Hall–Kier alpha value is -2.61. The number of hydrogen-bond donors (Lipinski definition) is 4. The van der Waals surface area contributed by atoms with E-state index in [2.05, 4.69) is 10.6 Å². The van der Waals surface area contributed by atoms with Gasteiger partial charge in [-0.25, -0.2) is 9.59 Å². The first-order chi connectivity index (χ1) is 12.1. The number of hydrogen-bond acceptors (Lipinski definition) is 5. The predicted molar refractivity (Wildman–Crippen MR) is 94.6 cm³/mol. The van der Waals surface area contributed by atoms with Crippen LogP contribution in [0.5, 0.6) is 0 Å². The van der Waals surface area contributed by atoms with Gasteiger partial charge < -0.3 is 25.6 Å². The number of carboxylic acid groups (broad SMARTS) is 1. The number of aliphatic hydroxyl groups excluding tert-OH is 1. The molecule has 0 aliphatic carbocycles. The van der Waals surface area contributed by atoms with Gasteiger partial charge in [-0.2, -0.15) is 0 Å². The second-order valence-corrected chi connectivity index (χ2v) is 6.80. The van der Waals surface area contributed by atoms with E-state index >= 15 is 0 Å². The molecule has 2 atom stereocenters. The number of aliphatic carboxylic acids is 1. The first-order valence-corrected chi connectivity index (χ1v) is 8.30. The molecule has 2 amide bonds. The lowest BCUT2D eigenvalue weighted by Crippen LogP contribution is -2.53. The summed E-state index contributed by atoms with van der Waals surface area (Å²) in [6.07, 6.45) is -0.745. The van der Waals surface area contributed by atoms with Gasteiger partial charge in [-0.1, -0.05) is 30.3 Å². The van der Waals surface area contributed by atoms with Gasteiger partial charge in [-0.15, -0.1) is 0 Å². The van der Waals surface area contributed by atoms with Crippen molar-refractivity contribution >= 4 is 18.0 Å². The van der Waals surface area contributed by atoms with Crippen LogP contribution < -0.4 is 10.6 Å². The molecule has 26 heavy (non-hydrogen) atoms. The topological polar surface area (TPSA) is 125 Å². The minimum absolute atomic E-state index is 0.133. The van der Waals surface area contributed by atoms with E-state index in [4.69, 9.17) is 14.9 Å². The lowest BCUT2D eigenvalue weighted by atomic mass is 10.0. The summed E-state index contributed by atoms with van der Waals surface area (Å²) in [4.78, 5) is 35.7. The number of nitrogens with one attached hydrogen (secondary N) is 2. The number of benzene rings is 1. The average Bonchev–Trinajstić information content (AvgIpc) is 2.52. The van der Waals surface area contributed by atoms with Crippen molar-refractivity contribution in [2.75, 3.05) is 6.61 Å². The van der Waals surface area contributed by atoms with E-state index < -0.39 is 35.7 Å². The van der Waals surface area contributed by atoms with E-state index in [1.54, 1.807) is 45.0 Å². The van der Waals surface area contributed by atoms with Crippen LogP contribution in [0.1, 0.15) is 32.8 Å². The van der Waals surface area contributed by atoms with Gasteiger partial charge in [0.1, 0.15) is 17.7 Å². The molecule has 0 aliphatic heterocycles. The van der Waals surface area contributed by atoms with Crippen molar-refractivity contribution in [3.8, 4) is 0 Å². The fraction of sp³-hybridized carbons (Fsp3) is 0.500. The van der Waals surface area contributed by atoms with Crippen molar-refractivity contribution in [1.29, 1.82) is 0 Å². The zero-order valence-corrected chi connectivity index (χ0v) is 15.2. The van der Waals surface area contributed by atoms with Crippen molar-refractivity contribution in [3.05, 3.63) is 35.9 Å². The normalized spacial score (nSPS) is 13.4. The van der Waals surface area contributed by atoms with E-state index in [-0.39, 0.29) is 19.4 Å². The number of aliphatic hydroxyl groups is 1. The first-order valence-electron chi connectivity index (χ1n) is 8.30. The highest BCUT2D eigenvalue weighted by atomic mass is 16.6. The highest BCUT2D eigenvalue weighted by Crippen LogP contribution is 2.09. The van der Waals surface area contributed by atoms with Gasteiger partial charge in [0.25, 0.3) is 0 Å². The summed E-state index contributed by atoms with van der Waals surface area (Å²) in [5.41, 5.74) is 0.0518. The van der Waals surface area contributed by atoms with Crippen LogP contribution in [0, 0.1) is 0 Å². The zero-order valence-electron chi connectivity index (χ0n) is 15.2. The summed E-state index contributed by atoms with van der Waals surface area (Å²) in [6.45, 7) is 4.70. The summed E-state index contributed by atoms with van der Waals surface area (Å²) in [5.74, 6) is -1.93. The molecule has 0 saturated heterocycles. The smallest absolute Gasteiger partial charge is 0.408 e. The third-order valence-corrected chi connectivity index (χ3v) is 3.32. The maximum atomic E-state index is 12.5. The number of alkyl carbamates (subject to hydrolysis) is 1. The van der Waals surface area contributed by atoms with Crippen molar-refractivity contribution in [2.24, 2.45) is 0 Å². The minimum Gasteiger partial charge on any atom is -0.480 e. The molecule has 1 rings (SSSR count). The lowest BCUT2D eigenvalue weighted by Gasteiger charge is -2.24. The molecule has 8 heteroatoms. The molecule has 0 heterocycles. The monoisotopic (exact) mass is 366 g/mol. The number of rotatable bonds is 8. The van der Waals surface area contributed by atoms with E-state index in [0.29, 0.717) is 0 Å². The van der Waals surface area contributed by atoms with Gasteiger partial charge in [-0.05, 0) is 26.3 Å². The van der Waals surface area contributed by atoms with Gasteiger partial charge in [0, 0.05) is 19.4 Å². The molecule has 1 aromatic rings. The van der Waals surface area contributed by atoms with Crippen molar-refractivity contribution in [1.82, 2.24) is 10.6 Å². The fourth-order valence-corrected chi connectivity index (χ4v) is 2.17. The van der Waals surface area contributed by atoms with Crippen molar-refractivity contribution < 1.29 is 29.3 Å². The number of amides is 2. The third-order valence-electron chi connectivity index (χ3n) is 3.32. The van der Waals surface area contributed by atoms with Gasteiger partial charge in [-0.3, -0.25) is 4.79 Å². The molecule has 0 saturated carbocycles. The quantitative estimate of drug-likeness (QED) is 0.545. The number of carbonyl (C=O) groups excluding carboxylic acids is 2. The maximum Gasteiger partial charge on any atom is 0.408 e. The highest BCUT2D eigenvalue weighted by Gasteiger charge is 2.28. The van der Waals surface area contributed by atoms with Crippen LogP contribution in [0.4, 0.5) is 4.79 Å². The van der Waals surface area contributed by atoms with E-state index in [0.717, 1.165) is 5.56 Å². The van der Waals surface area contributed by atoms with E-state index in [1.807, 2.05) is 6.07 Å². The second kappa shape index (κ2) is 9.76. The average molecular weight is 366 g/mol. The largest absolute Gasteiger partial charge is 0.480 e. The number of ether oxygens (including phenoxy) is 1. The summed E-state index contributed by atoms with van der Waals surface area (Å²) in [7, 11) is 0. The molecule has 0 aliphatic rings. The Morgan fingerprint density at radius 2 is 1.69 bits per heavy atom. The molecule has 0 fully saturated rings. The van der Waals surface area contributed by atoms with Crippen LogP contribution in [0.2, 0.25) is 0 Å². The Bertz CT molecular complexity index is 612. The van der Waals surface area contributed by atoms with Crippen LogP contribution in [0.15, 0.2) is 30.3 Å². The van der Waals surface area contributed by atoms with Crippen molar-refractivity contribution in [3.63, 3.8) is 0 Å². The SMILES string of the molecule is CC(C)(C)OC(=O)N[C@@H](Cc1ccccc1)C(=O)N[C@@H](CCO)C(=O)O. The van der Waals surface area contributed by atoms with E-state index in [9.17, 15) is 14.4 Å². The van der Waals surface area contributed by atoms with Gasteiger partial charge in [0.15, 0.2) is 0 Å². The van der Waals surface area contributed by atoms with Gasteiger partial charge >= 0.3 is 12.1 Å². The molecule has 0 spiro atoms. The molecule has 4 N–H and O–H groups in total. The standard InChI is InChI=1S/C18H26N2O6/c1-18(2,3)26-17(25)20-14(11-12-7-5-4-6-8-12)15(22)19-13(9-10-21)16(23)24/h4-8,13-14,21H,9-11H2,1-3H3,(H,19,22)(H,20,25)(H,23,24)/t13-,14-/m0/s1. The summed E-state index contributed by atoms with van der Waals surface area (Å²) in [5, 5.41) is 22.9. The Labute approximate surface area is 152 Å². The predicted octanol–water partition coefficient (Wildman–Crippen LogP) is 1.07. The Kier molecular flexibility index (Phi) is 8.05. The molecule has 0 aromatic heterocycles. The molecule has 0 bridgehead atoms. The minimum atomic E-state index is -1.26. The molecular formula is C18H26N2O6. The van der Waals surface area contributed by atoms with E-state index in [1.165, 1.54) is 0 Å².